The van der Waals surface area contributed by atoms with Crippen LogP contribution in [0.15, 0.2) is 12.4 Å². The predicted octanol–water partition coefficient (Wildman–Crippen LogP) is 2.53. The number of nitrogens with one attached hydrogen (secondary N) is 2. The lowest BCUT2D eigenvalue weighted by atomic mass is 10.2. The minimum atomic E-state index is 0.834. The van der Waals surface area contributed by atoms with Crippen LogP contribution in [0, 0.1) is 0 Å². The molecule has 0 amide bonds. The lowest BCUT2D eigenvalue weighted by Gasteiger charge is -2.07. The maximum Gasteiger partial charge on any atom is 0.146 e. The summed E-state index contributed by atoms with van der Waals surface area (Å²) in [6, 6.07) is 0. The van der Waals surface area contributed by atoms with Gasteiger partial charge in [0.1, 0.15) is 11.6 Å². The van der Waals surface area contributed by atoms with Gasteiger partial charge in [-0.25, -0.2) is 4.98 Å². The van der Waals surface area contributed by atoms with Crippen LogP contribution < -0.4 is 10.6 Å². The normalized spacial score (nSPS) is 10.3. The van der Waals surface area contributed by atoms with Crippen molar-refractivity contribution in [2.24, 2.45) is 0 Å². The smallest absolute Gasteiger partial charge is 0.146 e. The maximum absolute atomic E-state index is 5.01. The highest BCUT2D eigenvalue weighted by molar-refractivity contribution is 5.41. The molecule has 0 atom stereocenters. The van der Waals surface area contributed by atoms with Gasteiger partial charge in [0.25, 0.3) is 0 Å². The fourth-order valence-corrected chi connectivity index (χ4v) is 1.55. The van der Waals surface area contributed by atoms with Crippen LogP contribution in [-0.2, 0) is 4.74 Å². The third-order valence-corrected chi connectivity index (χ3v) is 2.52. The lowest BCUT2D eigenvalue weighted by molar-refractivity contribution is 0.192. The zero-order valence-electron chi connectivity index (χ0n) is 11.4. The number of hydrogen-bond acceptors (Lipinski definition) is 5. The van der Waals surface area contributed by atoms with Crippen LogP contribution in [0.1, 0.15) is 32.6 Å². The molecular weight excluding hydrogens is 228 g/mol. The molecule has 5 nitrogen and oxygen atoms in total. The zero-order chi connectivity index (χ0) is 13.1. The van der Waals surface area contributed by atoms with Crippen LogP contribution in [0.2, 0.25) is 0 Å². The van der Waals surface area contributed by atoms with Crippen molar-refractivity contribution in [3.8, 4) is 0 Å². The Morgan fingerprint density at radius 3 is 2.44 bits per heavy atom. The Morgan fingerprint density at radius 2 is 1.78 bits per heavy atom. The molecule has 5 heteroatoms. The molecule has 0 radical (unpaired) electrons. The Morgan fingerprint density at radius 1 is 1.06 bits per heavy atom. The first kappa shape index (κ1) is 14.7. The summed E-state index contributed by atoms with van der Waals surface area (Å²) in [6.07, 6.45) is 7.99. The number of ether oxygens (including phenoxy) is 1. The first-order valence-electron chi connectivity index (χ1n) is 6.65. The summed E-state index contributed by atoms with van der Waals surface area (Å²) < 4.78 is 5.01. The molecule has 0 aliphatic carbocycles. The summed E-state index contributed by atoms with van der Waals surface area (Å²) in [6.45, 7) is 4.82. The quantitative estimate of drug-likeness (QED) is 0.627. The highest BCUT2D eigenvalue weighted by Crippen LogP contribution is 2.07. The average Bonchev–Trinajstić information content (AvgIpc) is 2.41. The van der Waals surface area contributed by atoms with E-state index in [0.717, 1.165) is 50.6 Å². The summed E-state index contributed by atoms with van der Waals surface area (Å²) in [7, 11) is 1.74. The van der Waals surface area contributed by atoms with E-state index in [0.29, 0.717) is 0 Å². The first-order chi connectivity index (χ1) is 8.86. The van der Waals surface area contributed by atoms with E-state index in [1.165, 1.54) is 6.42 Å². The van der Waals surface area contributed by atoms with Crippen LogP contribution in [-0.4, -0.2) is 36.8 Å². The van der Waals surface area contributed by atoms with Gasteiger partial charge in [-0.1, -0.05) is 6.92 Å². The summed E-state index contributed by atoms with van der Waals surface area (Å²) in [5.41, 5.74) is 0. The number of anilines is 2. The Kier molecular flexibility index (Phi) is 7.88. The van der Waals surface area contributed by atoms with Gasteiger partial charge >= 0.3 is 0 Å². The molecule has 0 aliphatic heterocycles. The second-order valence-electron chi connectivity index (χ2n) is 4.20. The molecular formula is C13H24N4O. The number of nitrogens with zero attached hydrogens (tertiary/aromatic N) is 2. The Labute approximate surface area is 109 Å². The highest BCUT2D eigenvalue weighted by atomic mass is 16.5. The standard InChI is InChI=1S/C13H24N4O/c1-3-7-15-12-10-14-11-13(17-12)16-8-5-4-6-9-18-2/h10-11H,3-9H2,1-2H3,(H2,15,16,17). The molecule has 1 rings (SSSR count). The van der Waals surface area contributed by atoms with E-state index < -0.39 is 0 Å². The minimum Gasteiger partial charge on any atom is -0.385 e. The molecule has 0 saturated heterocycles. The first-order valence-corrected chi connectivity index (χ1v) is 6.65. The van der Waals surface area contributed by atoms with E-state index in [1.807, 2.05) is 0 Å². The minimum absolute atomic E-state index is 0.834. The molecule has 0 bridgehead atoms. The van der Waals surface area contributed by atoms with Gasteiger partial charge in [-0.3, -0.25) is 4.98 Å². The molecule has 1 aromatic heterocycles. The van der Waals surface area contributed by atoms with Crippen molar-refractivity contribution in [2.45, 2.75) is 32.6 Å². The monoisotopic (exact) mass is 252 g/mol. The van der Waals surface area contributed by atoms with Gasteiger partial charge in [-0.05, 0) is 25.7 Å². The number of unbranched alkanes of at least 4 members (excludes halogenated alkanes) is 2. The molecule has 1 aromatic rings. The van der Waals surface area contributed by atoms with Gasteiger partial charge in [0.15, 0.2) is 0 Å². The highest BCUT2D eigenvalue weighted by Gasteiger charge is 1.97. The van der Waals surface area contributed by atoms with Gasteiger partial charge in [0, 0.05) is 26.8 Å². The van der Waals surface area contributed by atoms with E-state index in [1.54, 1.807) is 19.5 Å². The Balaban J connectivity index is 2.20. The van der Waals surface area contributed by atoms with Crippen LogP contribution in [0.3, 0.4) is 0 Å². The van der Waals surface area contributed by atoms with Gasteiger partial charge in [0.05, 0.1) is 12.4 Å². The Bertz CT molecular complexity index is 320. The van der Waals surface area contributed by atoms with Crippen molar-refractivity contribution in [2.75, 3.05) is 37.4 Å². The predicted molar refractivity (Wildman–Crippen MR) is 75.0 cm³/mol. The molecule has 0 saturated carbocycles. The summed E-state index contributed by atoms with van der Waals surface area (Å²) >= 11 is 0. The van der Waals surface area contributed by atoms with Crippen LogP contribution in [0.25, 0.3) is 0 Å². The number of hydrogen-bond donors (Lipinski definition) is 2. The molecule has 1 heterocycles. The van der Waals surface area contributed by atoms with Gasteiger partial charge in [-0.2, -0.15) is 0 Å². The van der Waals surface area contributed by atoms with Crippen molar-refractivity contribution in [1.82, 2.24) is 9.97 Å². The van der Waals surface area contributed by atoms with Crippen molar-refractivity contribution in [3.05, 3.63) is 12.4 Å². The van der Waals surface area contributed by atoms with Crippen LogP contribution in [0.4, 0.5) is 11.6 Å². The average molecular weight is 252 g/mol. The zero-order valence-corrected chi connectivity index (χ0v) is 11.4. The van der Waals surface area contributed by atoms with Gasteiger partial charge < -0.3 is 15.4 Å². The molecule has 0 aromatic carbocycles. The third kappa shape index (κ3) is 6.39. The molecule has 0 aliphatic rings. The molecule has 102 valence electrons. The summed E-state index contributed by atoms with van der Waals surface area (Å²) in [5, 5.41) is 6.51. The van der Waals surface area contributed by atoms with E-state index in [2.05, 4.69) is 27.5 Å². The number of rotatable bonds is 10. The van der Waals surface area contributed by atoms with Crippen LogP contribution >= 0.6 is 0 Å². The van der Waals surface area contributed by atoms with Crippen molar-refractivity contribution < 1.29 is 4.74 Å². The fourth-order valence-electron chi connectivity index (χ4n) is 1.55. The van der Waals surface area contributed by atoms with Crippen LogP contribution in [0.5, 0.6) is 0 Å². The topological polar surface area (TPSA) is 59.1 Å². The van der Waals surface area contributed by atoms with E-state index in [9.17, 15) is 0 Å². The number of aromatic nitrogens is 2. The molecule has 0 unspecified atom stereocenters. The lowest BCUT2D eigenvalue weighted by Crippen LogP contribution is -2.07. The SMILES string of the molecule is CCCNc1cncc(NCCCCCOC)n1. The molecule has 18 heavy (non-hydrogen) atoms. The largest absolute Gasteiger partial charge is 0.385 e. The van der Waals surface area contributed by atoms with Gasteiger partial charge in [-0.15, -0.1) is 0 Å². The molecule has 2 N–H and O–H groups in total. The van der Waals surface area contributed by atoms with Crippen molar-refractivity contribution in [1.29, 1.82) is 0 Å². The van der Waals surface area contributed by atoms with Crippen molar-refractivity contribution in [3.63, 3.8) is 0 Å². The second kappa shape index (κ2) is 9.65. The second-order valence-corrected chi connectivity index (χ2v) is 4.20. The van der Waals surface area contributed by atoms with E-state index in [4.69, 9.17) is 4.74 Å². The molecule has 0 spiro atoms. The van der Waals surface area contributed by atoms with E-state index in [-0.39, 0.29) is 0 Å². The van der Waals surface area contributed by atoms with E-state index >= 15 is 0 Å². The van der Waals surface area contributed by atoms with Crippen molar-refractivity contribution >= 4 is 11.6 Å². The Hall–Kier alpha value is -1.36. The third-order valence-electron chi connectivity index (χ3n) is 2.52. The van der Waals surface area contributed by atoms with Gasteiger partial charge in [0.2, 0.25) is 0 Å². The maximum atomic E-state index is 5.01. The summed E-state index contributed by atoms with van der Waals surface area (Å²) in [5.74, 6) is 1.67. The molecule has 0 fully saturated rings. The number of methoxy groups -OCH3 is 1. The summed E-state index contributed by atoms with van der Waals surface area (Å²) in [4.78, 5) is 8.59. The fraction of sp³-hybridized carbons (Fsp3) is 0.692.